The highest BCUT2D eigenvalue weighted by Gasteiger charge is 2.31. The Morgan fingerprint density at radius 3 is 2.56 bits per heavy atom. The largest absolute Gasteiger partial charge is 0.493 e. The summed E-state index contributed by atoms with van der Waals surface area (Å²) in [6.45, 7) is -3.26. The summed E-state index contributed by atoms with van der Waals surface area (Å²) in [4.78, 5) is 14.6. The van der Waals surface area contributed by atoms with E-state index in [-0.39, 0.29) is 27.4 Å². The molecule has 0 fully saturated rings. The molecular weight excluding hydrogens is 461 g/mol. The van der Waals surface area contributed by atoms with Crippen LogP contribution in [0.15, 0.2) is 30.3 Å². The van der Waals surface area contributed by atoms with Crippen molar-refractivity contribution in [3.63, 3.8) is 0 Å². The van der Waals surface area contributed by atoms with Crippen LogP contribution in [-0.2, 0) is 6.18 Å². The molecule has 0 amide bonds. The zero-order valence-corrected chi connectivity index (χ0v) is 16.6. The first-order valence-electron chi connectivity index (χ1n) is 8.44. The van der Waals surface area contributed by atoms with E-state index in [2.05, 4.69) is 9.72 Å². The van der Waals surface area contributed by atoms with Gasteiger partial charge in [0.1, 0.15) is 11.1 Å². The number of nitrogens with zero attached hydrogens (tertiary/aromatic N) is 3. The molecule has 2 aromatic carbocycles. The second kappa shape index (κ2) is 8.75. The Balaban J connectivity index is 2.13. The van der Waals surface area contributed by atoms with E-state index in [1.807, 2.05) is 0 Å². The van der Waals surface area contributed by atoms with Gasteiger partial charge >= 0.3 is 12.8 Å². The van der Waals surface area contributed by atoms with Crippen molar-refractivity contribution in [2.24, 2.45) is 0 Å². The SMILES string of the molecule is COc1cc(/C=C(\C#N)c2nc3cc(C(F)(F)F)ccc3s2)c([N+](=O)[O-])cc1OC(F)F. The van der Waals surface area contributed by atoms with Crippen molar-refractivity contribution in [3.05, 3.63) is 56.6 Å². The molecule has 0 spiro atoms. The Labute approximate surface area is 180 Å². The average Bonchev–Trinajstić information content (AvgIpc) is 3.14. The highest BCUT2D eigenvalue weighted by Crippen LogP contribution is 2.38. The van der Waals surface area contributed by atoms with Gasteiger partial charge in [-0.1, -0.05) is 0 Å². The lowest BCUT2D eigenvalue weighted by Gasteiger charge is -2.11. The molecule has 32 heavy (non-hydrogen) atoms. The molecule has 166 valence electrons. The molecule has 1 heterocycles. The third-order valence-electron chi connectivity index (χ3n) is 4.09. The topological polar surface area (TPSA) is 98.3 Å². The summed E-state index contributed by atoms with van der Waals surface area (Å²) in [6.07, 6.45) is -3.51. The Hall–Kier alpha value is -3.79. The van der Waals surface area contributed by atoms with E-state index in [1.54, 1.807) is 6.07 Å². The minimum Gasteiger partial charge on any atom is -0.493 e. The number of aromatic nitrogens is 1. The van der Waals surface area contributed by atoms with Gasteiger partial charge < -0.3 is 9.47 Å². The average molecular weight is 471 g/mol. The summed E-state index contributed by atoms with van der Waals surface area (Å²) in [7, 11) is 1.13. The number of hydrogen-bond donors (Lipinski definition) is 0. The van der Waals surface area contributed by atoms with Gasteiger partial charge in [-0.2, -0.15) is 27.2 Å². The second-order valence-corrected chi connectivity index (χ2v) is 7.10. The van der Waals surface area contributed by atoms with Crippen LogP contribution in [0.4, 0.5) is 27.6 Å². The van der Waals surface area contributed by atoms with Crippen LogP contribution in [0.2, 0.25) is 0 Å². The number of allylic oxidation sites excluding steroid dienone is 1. The Kier molecular flexibility index (Phi) is 6.26. The number of nitriles is 1. The number of nitro groups is 1. The lowest BCUT2D eigenvalue weighted by Crippen LogP contribution is -2.05. The molecule has 0 aliphatic carbocycles. The molecule has 1 aromatic heterocycles. The molecule has 0 bridgehead atoms. The smallest absolute Gasteiger partial charge is 0.416 e. The molecule has 0 saturated heterocycles. The van der Waals surface area contributed by atoms with Crippen molar-refractivity contribution in [3.8, 4) is 17.6 Å². The zero-order chi connectivity index (χ0) is 23.6. The first kappa shape index (κ1) is 22.9. The molecule has 13 heteroatoms. The number of ether oxygens (including phenoxy) is 2. The number of rotatable bonds is 6. The van der Waals surface area contributed by atoms with E-state index in [4.69, 9.17) is 4.74 Å². The molecule has 3 rings (SSSR count). The second-order valence-electron chi connectivity index (χ2n) is 6.07. The minimum atomic E-state index is -4.58. The number of hydrogen-bond acceptors (Lipinski definition) is 7. The van der Waals surface area contributed by atoms with Gasteiger partial charge in [0.25, 0.3) is 5.69 Å². The summed E-state index contributed by atoms with van der Waals surface area (Å²) in [5.74, 6) is -0.830. The summed E-state index contributed by atoms with van der Waals surface area (Å²) < 4.78 is 73.4. The first-order chi connectivity index (χ1) is 15.0. The lowest BCUT2D eigenvalue weighted by molar-refractivity contribution is -0.385. The molecular formula is C19H10F5N3O4S. The molecule has 0 unspecified atom stereocenters. The maximum Gasteiger partial charge on any atom is 0.416 e. The lowest BCUT2D eigenvalue weighted by atomic mass is 10.1. The van der Waals surface area contributed by atoms with Gasteiger partial charge in [0.15, 0.2) is 11.5 Å². The van der Waals surface area contributed by atoms with Gasteiger partial charge in [-0.05, 0) is 30.3 Å². The summed E-state index contributed by atoms with van der Waals surface area (Å²) in [5, 5.41) is 21.0. The van der Waals surface area contributed by atoms with E-state index in [1.165, 1.54) is 6.07 Å². The van der Waals surface area contributed by atoms with Crippen molar-refractivity contribution < 1.29 is 36.3 Å². The van der Waals surface area contributed by atoms with E-state index >= 15 is 0 Å². The van der Waals surface area contributed by atoms with Crippen LogP contribution in [0.5, 0.6) is 11.5 Å². The number of halogens is 5. The minimum absolute atomic E-state index is 0.00580. The number of alkyl halides is 5. The fourth-order valence-electron chi connectivity index (χ4n) is 2.70. The first-order valence-corrected chi connectivity index (χ1v) is 9.26. The van der Waals surface area contributed by atoms with Crippen molar-refractivity contribution in [1.29, 1.82) is 5.26 Å². The van der Waals surface area contributed by atoms with Crippen LogP contribution in [0, 0.1) is 21.4 Å². The molecule has 7 nitrogen and oxygen atoms in total. The molecule has 0 atom stereocenters. The van der Waals surface area contributed by atoms with Crippen LogP contribution in [0.1, 0.15) is 16.1 Å². The van der Waals surface area contributed by atoms with Crippen molar-refractivity contribution in [2.75, 3.05) is 7.11 Å². The molecule has 0 N–H and O–H groups in total. The maximum absolute atomic E-state index is 12.9. The standard InChI is InChI=1S/C19H10F5N3O4S/c1-30-14-5-9(13(27(28)29)7-15(14)31-18(20)21)4-10(8-25)17-26-12-6-11(19(22,23)24)2-3-16(12)32-17/h2-7,18H,1H3/b10-4+. The number of benzene rings is 2. The normalized spacial score (nSPS) is 12.1. The van der Waals surface area contributed by atoms with E-state index in [0.29, 0.717) is 4.70 Å². The van der Waals surface area contributed by atoms with E-state index in [9.17, 15) is 37.3 Å². The fourth-order valence-corrected chi connectivity index (χ4v) is 3.61. The van der Waals surface area contributed by atoms with Crippen LogP contribution in [0.3, 0.4) is 0 Å². The predicted octanol–water partition coefficient (Wildman–Crippen LogP) is 5.90. The zero-order valence-electron chi connectivity index (χ0n) is 15.8. The van der Waals surface area contributed by atoms with Crippen LogP contribution in [0.25, 0.3) is 21.9 Å². The summed E-state index contributed by atoms with van der Waals surface area (Å²) in [5.41, 5.74) is -1.95. The quantitative estimate of drug-likeness (QED) is 0.192. The molecule has 3 aromatic rings. The van der Waals surface area contributed by atoms with Gasteiger partial charge in [-0.15, -0.1) is 11.3 Å². The van der Waals surface area contributed by atoms with Gasteiger partial charge in [-0.3, -0.25) is 10.1 Å². The van der Waals surface area contributed by atoms with E-state index in [0.717, 1.165) is 48.8 Å². The Morgan fingerprint density at radius 2 is 2.00 bits per heavy atom. The van der Waals surface area contributed by atoms with Crippen molar-refractivity contribution in [2.45, 2.75) is 12.8 Å². The van der Waals surface area contributed by atoms with Gasteiger partial charge in [-0.25, -0.2) is 4.98 Å². The third-order valence-corrected chi connectivity index (χ3v) is 5.16. The number of methoxy groups -OCH3 is 1. The van der Waals surface area contributed by atoms with Gasteiger partial charge in [0.2, 0.25) is 0 Å². The van der Waals surface area contributed by atoms with Crippen LogP contribution >= 0.6 is 11.3 Å². The molecule has 0 radical (unpaired) electrons. The van der Waals surface area contributed by atoms with Crippen molar-refractivity contribution in [1.82, 2.24) is 4.98 Å². The highest BCUT2D eigenvalue weighted by atomic mass is 32.1. The highest BCUT2D eigenvalue weighted by molar-refractivity contribution is 7.19. The molecule has 0 aliphatic heterocycles. The van der Waals surface area contributed by atoms with Gasteiger partial charge in [0, 0.05) is 0 Å². The Morgan fingerprint density at radius 1 is 1.28 bits per heavy atom. The fraction of sp³-hybridized carbons (Fsp3) is 0.158. The maximum atomic E-state index is 12.9. The summed E-state index contributed by atoms with van der Waals surface area (Å²) in [6, 6.07) is 6.45. The van der Waals surface area contributed by atoms with E-state index < -0.39 is 34.7 Å². The predicted molar refractivity (Wildman–Crippen MR) is 104 cm³/mol. The summed E-state index contributed by atoms with van der Waals surface area (Å²) >= 11 is 0.910. The monoisotopic (exact) mass is 471 g/mol. The number of nitro benzene ring substituents is 1. The van der Waals surface area contributed by atoms with Gasteiger partial charge in [0.05, 0.1) is 45.0 Å². The van der Waals surface area contributed by atoms with Crippen molar-refractivity contribution >= 4 is 38.9 Å². The molecule has 0 aliphatic rings. The number of thiazole rings is 1. The molecule has 0 saturated carbocycles. The van der Waals surface area contributed by atoms with Crippen LogP contribution in [-0.4, -0.2) is 23.6 Å². The number of fused-ring (bicyclic) bond motifs is 1. The third kappa shape index (κ3) is 4.75. The van der Waals surface area contributed by atoms with Crippen LogP contribution < -0.4 is 9.47 Å². The Bertz CT molecular complexity index is 1260.